The summed E-state index contributed by atoms with van der Waals surface area (Å²) < 4.78 is 52.2. The van der Waals surface area contributed by atoms with Crippen LogP contribution in [0.2, 0.25) is 0 Å². The van der Waals surface area contributed by atoms with Crippen LogP contribution in [0.15, 0.2) is 30.3 Å². The van der Waals surface area contributed by atoms with Crippen LogP contribution in [-0.4, -0.2) is 5.91 Å². The number of nitrogen functional groups attached to an aromatic ring is 1. The van der Waals surface area contributed by atoms with Crippen LogP contribution in [0.4, 0.5) is 28.9 Å². The van der Waals surface area contributed by atoms with Gasteiger partial charge in [-0.15, -0.1) is 0 Å². The van der Waals surface area contributed by atoms with Crippen LogP contribution in [0.1, 0.15) is 10.4 Å². The summed E-state index contributed by atoms with van der Waals surface area (Å²) in [4.78, 5) is 11.7. The van der Waals surface area contributed by atoms with Crippen molar-refractivity contribution in [3.05, 3.63) is 59.2 Å². The summed E-state index contributed by atoms with van der Waals surface area (Å²) in [5.41, 5.74) is 4.60. The number of anilines is 2. The summed E-state index contributed by atoms with van der Waals surface area (Å²) in [6.45, 7) is 0. The second-order valence-corrected chi connectivity index (χ2v) is 3.91. The van der Waals surface area contributed by atoms with E-state index in [1.165, 1.54) is 12.1 Å². The zero-order chi connectivity index (χ0) is 14.9. The molecule has 0 radical (unpaired) electrons. The van der Waals surface area contributed by atoms with Crippen molar-refractivity contribution in [1.29, 1.82) is 0 Å². The molecule has 2 aromatic rings. The highest BCUT2D eigenvalue weighted by Gasteiger charge is 2.17. The lowest BCUT2D eigenvalue weighted by Crippen LogP contribution is -2.15. The number of amides is 1. The molecule has 1 amide bonds. The van der Waals surface area contributed by atoms with E-state index in [4.69, 9.17) is 5.73 Å². The summed E-state index contributed by atoms with van der Waals surface area (Å²) in [6.07, 6.45) is 0. The van der Waals surface area contributed by atoms with Gasteiger partial charge in [-0.2, -0.15) is 0 Å². The molecular formula is C13H8F4N2O. The first-order chi connectivity index (χ1) is 9.40. The highest BCUT2D eigenvalue weighted by molar-refractivity contribution is 6.05. The molecule has 0 spiro atoms. The van der Waals surface area contributed by atoms with Crippen molar-refractivity contribution in [3.63, 3.8) is 0 Å². The molecule has 0 aromatic heterocycles. The van der Waals surface area contributed by atoms with Crippen LogP contribution in [0.25, 0.3) is 0 Å². The zero-order valence-electron chi connectivity index (χ0n) is 9.88. The highest BCUT2D eigenvalue weighted by atomic mass is 19.2. The molecule has 0 atom stereocenters. The van der Waals surface area contributed by atoms with E-state index >= 15 is 0 Å². The number of hydrogen-bond acceptors (Lipinski definition) is 2. The summed E-state index contributed by atoms with van der Waals surface area (Å²) in [5, 5.41) is 2.07. The Balaban J connectivity index is 2.34. The number of rotatable bonds is 2. The Morgan fingerprint density at radius 1 is 1.00 bits per heavy atom. The summed E-state index contributed by atoms with van der Waals surface area (Å²) in [7, 11) is 0. The van der Waals surface area contributed by atoms with E-state index in [0.29, 0.717) is 12.1 Å². The minimum atomic E-state index is -1.69. The van der Waals surface area contributed by atoms with E-state index in [0.717, 1.165) is 6.07 Å². The Kier molecular flexibility index (Phi) is 3.60. The minimum Gasteiger partial charge on any atom is -0.397 e. The van der Waals surface area contributed by atoms with Gasteiger partial charge < -0.3 is 11.1 Å². The number of carbonyl (C=O) groups is 1. The van der Waals surface area contributed by atoms with Crippen LogP contribution in [0, 0.1) is 23.3 Å². The number of hydrogen-bond donors (Lipinski definition) is 2. The number of benzene rings is 2. The van der Waals surface area contributed by atoms with Gasteiger partial charge in [0.1, 0.15) is 11.5 Å². The third kappa shape index (κ3) is 2.56. The molecule has 0 aliphatic carbocycles. The van der Waals surface area contributed by atoms with Crippen LogP contribution in [-0.2, 0) is 0 Å². The molecule has 104 valence electrons. The van der Waals surface area contributed by atoms with Crippen molar-refractivity contribution in [1.82, 2.24) is 0 Å². The molecule has 3 N–H and O–H groups in total. The minimum absolute atomic E-state index is 0.0543. The normalized spacial score (nSPS) is 10.4. The molecule has 0 bridgehead atoms. The van der Waals surface area contributed by atoms with Crippen molar-refractivity contribution in [2.75, 3.05) is 11.1 Å². The van der Waals surface area contributed by atoms with Gasteiger partial charge in [-0.3, -0.25) is 4.79 Å². The summed E-state index contributed by atoms with van der Waals surface area (Å²) in [5.74, 6) is -6.54. The first kappa shape index (κ1) is 13.9. The second-order valence-electron chi connectivity index (χ2n) is 3.91. The van der Waals surface area contributed by atoms with E-state index < -0.39 is 34.7 Å². The molecule has 2 aromatic carbocycles. The fourth-order valence-corrected chi connectivity index (χ4v) is 1.55. The maximum Gasteiger partial charge on any atom is 0.256 e. The molecule has 0 unspecified atom stereocenters. The van der Waals surface area contributed by atoms with E-state index in [1.807, 2.05) is 0 Å². The van der Waals surface area contributed by atoms with Crippen molar-refractivity contribution in [2.45, 2.75) is 0 Å². The van der Waals surface area contributed by atoms with E-state index in [2.05, 4.69) is 5.32 Å². The molecule has 0 aliphatic rings. The SMILES string of the molecule is Nc1cccc(F)c1NC(=O)c1cc(F)c(F)c(F)c1. The fraction of sp³-hybridized carbons (Fsp3) is 0. The lowest BCUT2D eigenvalue weighted by Gasteiger charge is -2.09. The van der Waals surface area contributed by atoms with Gasteiger partial charge in [-0.25, -0.2) is 17.6 Å². The maximum absolute atomic E-state index is 13.4. The van der Waals surface area contributed by atoms with Crippen molar-refractivity contribution >= 4 is 17.3 Å². The Morgan fingerprint density at radius 3 is 2.15 bits per heavy atom. The van der Waals surface area contributed by atoms with Gasteiger partial charge in [0, 0.05) is 5.56 Å². The van der Waals surface area contributed by atoms with E-state index in [9.17, 15) is 22.4 Å². The number of halogens is 4. The second kappa shape index (κ2) is 5.20. The summed E-state index contributed by atoms with van der Waals surface area (Å²) in [6, 6.07) is 4.73. The Morgan fingerprint density at radius 2 is 1.60 bits per heavy atom. The zero-order valence-corrected chi connectivity index (χ0v) is 9.88. The predicted octanol–water partition coefficient (Wildman–Crippen LogP) is 3.08. The van der Waals surface area contributed by atoms with Gasteiger partial charge >= 0.3 is 0 Å². The average molecular weight is 284 g/mol. The number of nitrogens with one attached hydrogen (secondary N) is 1. The van der Waals surface area contributed by atoms with Gasteiger partial charge in [-0.05, 0) is 24.3 Å². The molecule has 0 saturated heterocycles. The molecule has 0 saturated carbocycles. The van der Waals surface area contributed by atoms with Crippen LogP contribution in [0.5, 0.6) is 0 Å². The largest absolute Gasteiger partial charge is 0.397 e. The standard InChI is InChI=1S/C13H8F4N2O/c14-7-2-1-3-10(18)12(7)19-13(20)6-4-8(15)11(17)9(16)5-6/h1-5H,18H2,(H,19,20). The van der Waals surface area contributed by atoms with Crippen molar-refractivity contribution in [3.8, 4) is 0 Å². The van der Waals surface area contributed by atoms with E-state index in [1.54, 1.807) is 0 Å². The number of nitrogens with two attached hydrogens (primary N) is 1. The van der Waals surface area contributed by atoms with Crippen LogP contribution >= 0.6 is 0 Å². The first-order valence-corrected chi connectivity index (χ1v) is 5.40. The summed E-state index contributed by atoms with van der Waals surface area (Å²) >= 11 is 0. The number of para-hydroxylation sites is 1. The van der Waals surface area contributed by atoms with E-state index in [-0.39, 0.29) is 11.4 Å². The van der Waals surface area contributed by atoms with Gasteiger partial charge in [0.15, 0.2) is 17.5 Å². The Hall–Kier alpha value is -2.57. The molecular weight excluding hydrogens is 276 g/mol. The van der Waals surface area contributed by atoms with Gasteiger partial charge in [-0.1, -0.05) is 6.07 Å². The smallest absolute Gasteiger partial charge is 0.256 e. The quantitative estimate of drug-likeness (QED) is 0.506. The molecule has 2 rings (SSSR count). The molecule has 3 nitrogen and oxygen atoms in total. The lowest BCUT2D eigenvalue weighted by molar-refractivity contribution is 0.102. The Labute approximate surface area is 111 Å². The third-order valence-corrected chi connectivity index (χ3v) is 2.53. The van der Waals surface area contributed by atoms with Gasteiger partial charge in [0.25, 0.3) is 5.91 Å². The van der Waals surface area contributed by atoms with Crippen LogP contribution < -0.4 is 11.1 Å². The van der Waals surface area contributed by atoms with Gasteiger partial charge in [0.2, 0.25) is 0 Å². The molecule has 7 heteroatoms. The Bertz CT molecular complexity index is 645. The lowest BCUT2D eigenvalue weighted by atomic mass is 10.1. The third-order valence-electron chi connectivity index (χ3n) is 2.53. The molecule has 0 fully saturated rings. The van der Waals surface area contributed by atoms with Crippen molar-refractivity contribution in [2.24, 2.45) is 0 Å². The predicted molar refractivity (Wildman–Crippen MR) is 65.1 cm³/mol. The molecule has 20 heavy (non-hydrogen) atoms. The highest BCUT2D eigenvalue weighted by Crippen LogP contribution is 2.23. The van der Waals surface area contributed by atoms with Crippen molar-refractivity contribution < 1.29 is 22.4 Å². The molecule has 0 aliphatic heterocycles. The molecule has 0 heterocycles. The monoisotopic (exact) mass is 284 g/mol. The van der Waals surface area contributed by atoms with Gasteiger partial charge in [0.05, 0.1) is 5.69 Å². The maximum atomic E-state index is 13.4. The topological polar surface area (TPSA) is 55.1 Å². The average Bonchev–Trinajstić information content (AvgIpc) is 2.39. The fourth-order valence-electron chi connectivity index (χ4n) is 1.55. The number of carbonyl (C=O) groups excluding carboxylic acids is 1. The first-order valence-electron chi connectivity index (χ1n) is 5.40. The van der Waals surface area contributed by atoms with Crippen LogP contribution in [0.3, 0.4) is 0 Å².